The van der Waals surface area contributed by atoms with Gasteiger partial charge in [0.25, 0.3) is 5.69 Å². The second-order valence-corrected chi connectivity index (χ2v) is 5.92. The maximum absolute atomic E-state index is 12.4. The molecule has 2 N–H and O–H groups in total. The van der Waals surface area contributed by atoms with Crippen molar-refractivity contribution in [1.29, 1.82) is 0 Å². The number of non-ortho nitro benzene ring substituents is 1. The monoisotopic (exact) mass is 338 g/mol. The SMILES string of the molecule is O=C1Nc2nc3ccccc3n2CC1C(O)c1ccc([N+](=O)[O-])cc1. The largest absolute Gasteiger partial charge is 0.388 e. The van der Waals surface area contributed by atoms with Crippen molar-refractivity contribution in [3.8, 4) is 0 Å². The maximum atomic E-state index is 12.4. The first-order valence-corrected chi connectivity index (χ1v) is 7.73. The molecule has 0 saturated carbocycles. The molecule has 126 valence electrons. The van der Waals surface area contributed by atoms with Crippen LogP contribution in [0.4, 0.5) is 11.6 Å². The van der Waals surface area contributed by atoms with E-state index in [1.165, 1.54) is 24.3 Å². The number of fused-ring (bicyclic) bond motifs is 3. The number of carbonyl (C=O) groups excluding carboxylic acids is 1. The van der Waals surface area contributed by atoms with Crippen LogP contribution in [-0.2, 0) is 11.3 Å². The van der Waals surface area contributed by atoms with E-state index < -0.39 is 16.9 Å². The number of nitrogens with one attached hydrogen (secondary N) is 1. The predicted octanol–water partition coefficient (Wildman–Crippen LogP) is 2.25. The highest BCUT2D eigenvalue weighted by atomic mass is 16.6. The molecule has 0 fully saturated rings. The lowest BCUT2D eigenvalue weighted by Gasteiger charge is -2.27. The molecule has 2 heterocycles. The molecule has 4 rings (SSSR count). The van der Waals surface area contributed by atoms with E-state index in [-0.39, 0.29) is 18.1 Å². The average molecular weight is 338 g/mol. The van der Waals surface area contributed by atoms with E-state index in [0.29, 0.717) is 11.5 Å². The van der Waals surface area contributed by atoms with E-state index in [1.54, 1.807) is 0 Å². The normalized spacial score (nSPS) is 17.8. The molecule has 1 aromatic heterocycles. The minimum Gasteiger partial charge on any atom is -0.388 e. The number of benzene rings is 2. The van der Waals surface area contributed by atoms with Gasteiger partial charge in [-0.15, -0.1) is 0 Å². The van der Waals surface area contributed by atoms with Crippen molar-refractivity contribution in [1.82, 2.24) is 9.55 Å². The summed E-state index contributed by atoms with van der Waals surface area (Å²) in [5, 5.41) is 24.1. The number of hydrogen-bond donors (Lipinski definition) is 2. The zero-order valence-corrected chi connectivity index (χ0v) is 13.0. The lowest BCUT2D eigenvalue weighted by Crippen LogP contribution is -2.37. The van der Waals surface area contributed by atoms with Crippen LogP contribution in [0.3, 0.4) is 0 Å². The van der Waals surface area contributed by atoms with Crippen molar-refractivity contribution in [3.05, 3.63) is 64.2 Å². The summed E-state index contributed by atoms with van der Waals surface area (Å²) in [5.74, 6) is -0.585. The number of anilines is 1. The van der Waals surface area contributed by atoms with Gasteiger partial charge in [0.1, 0.15) is 0 Å². The molecule has 8 heteroatoms. The minimum absolute atomic E-state index is 0.0630. The van der Waals surface area contributed by atoms with E-state index >= 15 is 0 Å². The van der Waals surface area contributed by atoms with E-state index in [2.05, 4.69) is 10.3 Å². The van der Waals surface area contributed by atoms with Crippen LogP contribution in [0.2, 0.25) is 0 Å². The van der Waals surface area contributed by atoms with Gasteiger partial charge in [-0.2, -0.15) is 0 Å². The third-order valence-corrected chi connectivity index (χ3v) is 4.43. The Morgan fingerprint density at radius 3 is 2.68 bits per heavy atom. The number of aliphatic hydroxyl groups excluding tert-OH is 1. The van der Waals surface area contributed by atoms with Gasteiger partial charge in [-0.1, -0.05) is 12.1 Å². The van der Waals surface area contributed by atoms with Gasteiger partial charge in [-0.25, -0.2) is 4.98 Å². The van der Waals surface area contributed by atoms with E-state index in [9.17, 15) is 20.0 Å². The Morgan fingerprint density at radius 2 is 1.96 bits per heavy atom. The van der Waals surface area contributed by atoms with Crippen molar-refractivity contribution in [2.24, 2.45) is 5.92 Å². The van der Waals surface area contributed by atoms with Crippen LogP contribution in [-0.4, -0.2) is 25.5 Å². The summed E-state index contributed by atoms with van der Waals surface area (Å²) >= 11 is 0. The van der Waals surface area contributed by atoms with Crippen LogP contribution in [0.1, 0.15) is 11.7 Å². The zero-order chi connectivity index (χ0) is 17.6. The third kappa shape index (κ3) is 2.52. The van der Waals surface area contributed by atoms with Crippen LogP contribution in [0, 0.1) is 16.0 Å². The summed E-state index contributed by atoms with van der Waals surface area (Å²) < 4.78 is 1.86. The van der Waals surface area contributed by atoms with Gasteiger partial charge < -0.3 is 9.67 Å². The smallest absolute Gasteiger partial charge is 0.269 e. The molecule has 8 nitrogen and oxygen atoms in total. The lowest BCUT2D eigenvalue weighted by atomic mass is 9.93. The number of aromatic nitrogens is 2. The fourth-order valence-electron chi connectivity index (χ4n) is 3.11. The summed E-state index contributed by atoms with van der Waals surface area (Å²) in [6.45, 7) is 0.278. The molecule has 0 bridgehead atoms. The second-order valence-electron chi connectivity index (χ2n) is 5.92. The molecule has 0 spiro atoms. The van der Waals surface area contributed by atoms with Gasteiger partial charge in [0.05, 0.1) is 28.0 Å². The number of nitro groups is 1. The molecule has 2 atom stereocenters. The van der Waals surface area contributed by atoms with Crippen molar-refractivity contribution >= 4 is 28.6 Å². The molecule has 0 radical (unpaired) electrons. The molecule has 25 heavy (non-hydrogen) atoms. The van der Waals surface area contributed by atoms with Gasteiger partial charge in [0.2, 0.25) is 11.9 Å². The number of para-hydroxylation sites is 2. The highest BCUT2D eigenvalue weighted by Gasteiger charge is 2.34. The molecule has 2 unspecified atom stereocenters. The molecular weight excluding hydrogens is 324 g/mol. The Balaban J connectivity index is 1.66. The van der Waals surface area contributed by atoms with Crippen molar-refractivity contribution in [2.45, 2.75) is 12.6 Å². The van der Waals surface area contributed by atoms with Crippen LogP contribution >= 0.6 is 0 Å². The molecule has 2 aromatic carbocycles. The highest BCUT2D eigenvalue weighted by molar-refractivity contribution is 5.95. The highest BCUT2D eigenvalue weighted by Crippen LogP contribution is 2.32. The second kappa shape index (κ2) is 5.67. The topological polar surface area (TPSA) is 110 Å². The van der Waals surface area contributed by atoms with Gasteiger partial charge in [-0.05, 0) is 29.8 Å². The molecule has 1 aliphatic heterocycles. The Morgan fingerprint density at radius 1 is 1.24 bits per heavy atom. The summed E-state index contributed by atoms with van der Waals surface area (Å²) in [7, 11) is 0. The molecule has 3 aromatic rings. The van der Waals surface area contributed by atoms with Crippen LogP contribution in [0.25, 0.3) is 11.0 Å². The first-order chi connectivity index (χ1) is 12.0. The van der Waals surface area contributed by atoms with Gasteiger partial charge in [0.15, 0.2) is 0 Å². The molecule has 0 aliphatic carbocycles. The Labute approximate surface area is 141 Å². The molecular formula is C17H14N4O4. The number of aliphatic hydroxyl groups is 1. The van der Waals surface area contributed by atoms with Gasteiger partial charge in [-0.3, -0.25) is 20.2 Å². The molecule has 1 aliphatic rings. The van der Waals surface area contributed by atoms with Crippen molar-refractivity contribution in [3.63, 3.8) is 0 Å². The quantitative estimate of drug-likeness (QED) is 0.562. The number of nitrogens with zero attached hydrogens (tertiary/aromatic N) is 3. The number of nitro benzene ring substituents is 1. The first kappa shape index (κ1) is 15.3. The standard InChI is InChI=1S/C17H14N4O4/c22-15(10-5-7-11(8-6-10)21(24)25)12-9-20-14-4-2-1-3-13(14)18-17(20)19-16(12)23/h1-8,12,15,22H,9H2,(H,18,19,23). The Bertz CT molecular complexity index is 980. The maximum Gasteiger partial charge on any atom is 0.269 e. The summed E-state index contributed by atoms with van der Waals surface area (Å²) in [5.41, 5.74) is 2.03. The average Bonchev–Trinajstić information content (AvgIpc) is 2.97. The van der Waals surface area contributed by atoms with Crippen LogP contribution in [0.5, 0.6) is 0 Å². The number of imidazole rings is 1. The predicted molar refractivity (Wildman–Crippen MR) is 89.9 cm³/mol. The fraction of sp³-hybridized carbons (Fsp3) is 0.176. The van der Waals surface area contributed by atoms with E-state index in [1.807, 2.05) is 28.8 Å². The molecule has 0 saturated heterocycles. The van der Waals surface area contributed by atoms with Crippen LogP contribution in [0.15, 0.2) is 48.5 Å². The van der Waals surface area contributed by atoms with Crippen molar-refractivity contribution in [2.75, 3.05) is 5.32 Å². The summed E-state index contributed by atoms with van der Waals surface area (Å²) in [6, 6.07) is 13.1. The summed E-state index contributed by atoms with van der Waals surface area (Å²) in [6.07, 6.45) is -1.07. The molecule has 1 amide bonds. The van der Waals surface area contributed by atoms with E-state index in [4.69, 9.17) is 0 Å². The van der Waals surface area contributed by atoms with E-state index in [0.717, 1.165) is 11.0 Å². The van der Waals surface area contributed by atoms with Gasteiger partial charge in [0, 0.05) is 18.7 Å². The first-order valence-electron chi connectivity index (χ1n) is 7.73. The third-order valence-electron chi connectivity index (χ3n) is 4.43. The minimum atomic E-state index is -1.07. The number of hydrogen-bond acceptors (Lipinski definition) is 5. The van der Waals surface area contributed by atoms with Gasteiger partial charge >= 0.3 is 0 Å². The number of amides is 1. The Kier molecular flexibility index (Phi) is 3.47. The number of rotatable bonds is 3. The Hall–Kier alpha value is -3.26. The fourth-order valence-corrected chi connectivity index (χ4v) is 3.11. The zero-order valence-electron chi connectivity index (χ0n) is 13.0. The lowest BCUT2D eigenvalue weighted by molar-refractivity contribution is -0.384. The van der Waals surface area contributed by atoms with Crippen molar-refractivity contribution < 1.29 is 14.8 Å². The number of carbonyl (C=O) groups is 1. The summed E-state index contributed by atoms with van der Waals surface area (Å²) in [4.78, 5) is 27.0. The van der Waals surface area contributed by atoms with Crippen LogP contribution < -0.4 is 5.32 Å².